The number of carbonyl (C=O) groups is 2. The zero-order valence-corrected chi connectivity index (χ0v) is 12.5. The fourth-order valence-corrected chi connectivity index (χ4v) is 2.79. The summed E-state index contributed by atoms with van der Waals surface area (Å²) in [4.78, 5) is 24.8. The average Bonchev–Trinajstić information content (AvgIpc) is 2.97. The first-order chi connectivity index (χ1) is 10.1. The fraction of sp³-hybridized carbons (Fsp3) is 0.467. The number of hydrogen-bond acceptors (Lipinski definition) is 3. The quantitative estimate of drug-likeness (QED) is 0.836. The van der Waals surface area contributed by atoms with E-state index >= 15 is 0 Å². The van der Waals surface area contributed by atoms with E-state index in [4.69, 9.17) is 16.7 Å². The molecule has 1 saturated heterocycles. The molecular formula is C15H19ClN2O3. The summed E-state index contributed by atoms with van der Waals surface area (Å²) in [7, 11) is 0. The molecule has 2 N–H and O–H groups in total. The second-order valence-electron chi connectivity index (χ2n) is 5.15. The molecule has 0 radical (unpaired) electrons. The second kappa shape index (κ2) is 7.43. The normalized spacial score (nSPS) is 17.7. The number of rotatable bonds is 6. The molecule has 1 aliphatic rings. The molecule has 114 valence electrons. The number of benzene rings is 1. The molecule has 1 unspecified atom stereocenters. The first kappa shape index (κ1) is 15.8. The topological polar surface area (TPSA) is 69.6 Å². The minimum Gasteiger partial charge on any atom is -0.480 e. The van der Waals surface area contributed by atoms with Crippen LogP contribution in [0.15, 0.2) is 24.3 Å². The fourth-order valence-electron chi connectivity index (χ4n) is 2.56. The molecule has 6 heteroatoms. The van der Waals surface area contributed by atoms with Crippen molar-refractivity contribution in [1.82, 2.24) is 10.2 Å². The van der Waals surface area contributed by atoms with E-state index in [2.05, 4.69) is 5.32 Å². The molecule has 1 amide bonds. The number of nitrogens with one attached hydrogen (secondary N) is 1. The van der Waals surface area contributed by atoms with Crippen LogP contribution < -0.4 is 5.32 Å². The van der Waals surface area contributed by atoms with Crippen LogP contribution in [-0.2, 0) is 16.0 Å². The Bertz CT molecular complexity index is 515. The van der Waals surface area contributed by atoms with Crippen LogP contribution in [0.5, 0.6) is 0 Å². The summed E-state index contributed by atoms with van der Waals surface area (Å²) in [5.41, 5.74) is 0.910. The van der Waals surface area contributed by atoms with Crippen molar-refractivity contribution in [1.29, 1.82) is 0 Å². The van der Waals surface area contributed by atoms with Crippen molar-refractivity contribution < 1.29 is 14.7 Å². The molecule has 1 aromatic rings. The van der Waals surface area contributed by atoms with Gasteiger partial charge in [-0.05, 0) is 31.0 Å². The number of halogens is 1. The van der Waals surface area contributed by atoms with Crippen molar-refractivity contribution >= 4 is 23.5 Å². The Balaban J connectivity index is 1.97. The number of carbonyl (C=O) groups excluding carboxylic acids is 1. The predicted octanol–water partition coefficient (Wildman–Crippen LogP) is 1.55. The lowest BCUT2D eigenvalue weighted by Crippen LogP contribution is -2.44. The Morgan fingerprint density at radius 3 is 2.76 bits per heavy atom. The van der Waals surface area contributed by atoms with Gasteiger partial charge in [0.05, 0.1) is 0 Å². The van der Waals surface area contributed by atoms with Crippen LogP contribution in [0.25, 0.3) is 0 Å². The van der Waals surface area contributed by atoms with E-state index in [9.17, 15) is 9.59 Å². The van der Waals surface area contributed by atoms with Crippen LogP contribution in [0.3, 0.4) is 0 Å². The van der Waals surface area contributed by atoms with Crippen LogP contribution in [0.4, 0.5) is 0 Å². The largest absolute Gasteiger partial charge is 0.480 e. The Morgan fingerprint density at radius 1 is 1.38 bits per heavy atom. The molecule has 0 aromatic heterocycles. The highest BCUT2D eigenvalue weighted by Crippen LogP contribution is 2.18. The van der Waals surface area contributed by atoms with E-state index in [1.54, 1.807) is 6.07 Å². The lowest BCUT2D eigenvalue weighted by atomic mass is 10.1. The lowest BCUT2D eigenvalue weighted by molar-refractivity contribution is -0.146. The number of carboxylic acids is 1. The van der Waals surface area contributed by atoms with Gasteiger partial charge in [-0.3, -0.25) is 9.59 Å². The summed E-state index contributed by atoms with van der Waals surface area (Å²) in [6.07, 6.45) is 1.59. The van der Waals surface area contributed by atoms with Gasteiger partial charge < -0.3 is 15.3 Å². The van der Waals surface area contributed by atoms with Crippen molar-refractivity contribution in [2.75, 3.05) is 19.6 Å². The number of nitrogens with zero attached hydrogens (tertiary/aromatic N) is 1. The third kappa shape index (κ3) is 4.44. The van der Waals surface area contributed by atoms with Crippen molar-refractivity contribution in [3.05, 3.63) is 34.9 Å². The standard InChI is InChI=1S/C15H19ClN2O3/c16-13-4-2-1-3-11(13)5-6-14(19)18(10-15(20)21)12-7-8-17-9-12/h1-4,12,17H,5-10H2,(H,20,21). The summed E-state index contributed by atoms with van der Waals surface area (Å²) in [6.45, 7) is 1.23. The minimum atomic E-state index is -0.979. The lowest BCUT2D eigenvalue weighted by Gasteiger charge is -2.27. The maximum atomic E-state index is 12.3. The molecule has 5 nitrogen and oxygen atoms in total. The van der Waals surface area contributed by atoms with Crippen LogP contribution in [-0.4, -0.2) is 47.6 Å². The first-order valence-corrected chi connectivity index (χ1v) is 7.41. The highest BCUT2D eigenvalue weighted by molar-refractivity contribution is 6.31. The first-order valence-electron chi connectivity index (χ1n) is 7.03. The summed E-state index contributed by atoms with van der Waals surface area (Å²) >= 11 is 6.07. The molecule has 1 heterocycles. The third-order valence-electron chi connectivity index (χ3n) is 3.67. The zero-order valence-electron chi connectivity index (χ0n) is 11.7. The maximum Gasteiger partial charge on any atom is 0.323 e. The molecule has 1 aliphatic heterocycles. The minimum absolute atomic E-state index is 0.0279. The van der Waals surface area contributed by atoms with Gasteiger partial charge in [0.25, 0.3) is 0 Å². The number of aliphatic carboxylic acids is 1. The van der Waals surface area contributed by atoms with Gasteiger partial charge in [-0.25, -0.2) is 0 Å². The summed E-state index contributed by atoms with van der Waals surface area (Å²) < 4.78 is 0. The second-order valence-corrected chi connectivity index (χ2v) is 5.56. The molecule has 1 fully saturated rings. The van der Waals surface area contributed by atoms with Crippen molar-refractivity contribution in [3.8, 4) is 0 Å². The SMILES string of the molecule is O=C(O)CN(C(=O)CCc1ccccc1Cl)C1CCNC1. The maximum absolute atomic E-state index is 12.3. The predicted molar refractivity (Wildman–Crippen MR) is 80.4 cm³/mol. The number of amides is 1. The van der Waals surface area contributed by atoms with Crippen LogP contribution >= 0.6 is 11.6 Å². The molecule has 0 saturated carbocycles. The Hall–Kier alpha value is -1.59. The van der Waals surface area contributed by atoms with Gasteiger partial charge in [-0.1, -0.05) is 29.8 Å². The molecular weight excluding hydrogens is 292 g/mol. The molecule has 0 spiro atoms. The molecule has 1 aromatic carbocycles. The molecule has 0 bridgehead atoms. The molecule has 1 atom stereocenters. The molecule has 2 rings (SSSR count). The third-order valence-corrected chi connectivity index (χ3v) is 4.04. The van der Waals surface area contributed by atoms with Crippen molar-refractivity contribution in [3.63, 3.8) is 0 Å². The Morgan fingerprint density at radius 2 is 2.14 bits per heavy atom. The van der Waals surface area contributed by atoms with Gasteiger partial charge in [0.1, 0.15) is 6.54 Å². The van der Waals surface area contributed by atoms with Crippen LogP contribution in [0, 0.1) is 0 Å². The van der Waals surface area contributed by atoms with Crippen molar-refractivity contribution in [2.24, 2.45) is 0 Å². The molecule has 0 aliphatic carbocycles. The molecule has 21 heavy (non-hydrogen) atoms. The van der Waals surface area contributed by atoms with Gasteiger partial charge in [0.2, 0.25) is 5.91 Å². The van der Waals surface area contributed by atoms with Gasteiger partial charge >= 0.3 is 5.97 Å². The zero-order chi connectivity index (χ0) is 15.2. The van der Waals surface area contributed by atoms with Crippen molar-refractivity contribution in [2.45, 2.75) is 25.3 Å². The Kier molecular flexibility index (Phi) is 5.59. The van der Waals surface area contributed by atoms with E-state index in [1.807, 2.05) is 18.2 Å². The van der Waals surface area contributed by atoms with E-state index in [-0.39, 0.29) is 24.9 Å². The van der Waals surface area contributed by atoms with Gasteiger partial charge in [0, 0.05) is 24.0 Å². The van der Waals surface area contributed by atoms with E-state index < -0.39 is 5.97 Å². The number of aryl methyl sites for hydroxylation is 1. The summed E-state index contributed by atoms with van der Waals surface area (Å²) in [6, 6.07) is 7.36. The van der Waals surface area contributed by atoms with Crippen LogP contribution in [0.1, 0.15) is 18.4 Å². The van der Waals surface area contributed by atoms with Crippen LogP contribution in [0.2, 0.25) is 5.02 Å². The highest BCUT2D eigenvalue weighted by atomic mass is 35.5. The van der Waals surface area contributed by atoms with E-state index in [1.165, 1.54) is 4.90 Å². The van der Waals surface area contributed by atoms with Gasteiger partial charge in [-0.2, -0.15) is 0 Å². The monoisotopic (exact) mass is 310 g/mol. The van der Waals surface area contributed by atoms with E-state index in [0.29, 0.717) is 18.0 Å². The van der Waals surface area contributed by atoms with E-state index in [0.717, 1.165) is 18.5 Å². The number of carboxylic acid groups (broad SMARTS) is 1. The van der Waals surface area contributed by atoms with Gasteiger partial charge in [-0.15, -0.1) is 0 Å². The average molecular weight is 311 g/mol. The summed E-state index contributed by atoms with van der Waals surface area (Å²) in [5, 5.41) is 12.8. The Labute approximate surface area is 128 Å². The summed E-state index contributed by atoms with van der Waals surface area (Å²) in [5.74, 6) is -1.11. The smallest absolute Gasteiger partial charge is 0.323 e. The van der Waals surface area contributed by atoms with Gasteiger partial charge in [0.15, 0.2) is 0 Å². The number of hydrogen-bond donors (Lipinski definition) is 2. The highest BCUT2D eigenvalue weighted by Gasteiger charge is 2.27.